The van der Waals surface area contributed by atoms with E-state index in [1.807, 2.05) is 27.7 Å². The van der Waals surface area contributed by atoms with Crippen LogP contribution < -0.4 is 0 Å². The van der Waals surface area contributed by atoms with Crippen molar-refractivity contribution in [1.82, 2.24) is 0 Å². The number of rotatable bonds is 1. The Hall–Kier alpha value is -1.89. The van der Waals surface area contributed by atoms with E-state index in [4.69, 9.17) is 0 Å². The van der Waals surface area contributed by atoms with Crippen molar-refractivity contribution in [3.63, 3.8) is 0 Å². The van der Waals surface area contributed by atoms with E-state index in [-0.39, 0.29) is 0 Å². The molecule has 1 heterocycles. The molecule has 0 fully saturated rings. The summed E-state index contributed by atoms with van der Waals surface area (Å²) in [6.45, 7) is 10.2. The Morgan fingerprint density at radius 2 is 1.38 bits per heavy atom. The maximum Gasteiger partial charge on any atom is 0.208 e. The number of hydrogen-bond donors (Lipinski definition) is 0. The minimum atomic E-state index is 1.04. The Labute approximate surface area is 130 Å². The lowest BCUT2D eigenvalue weighted by Gasteiger charge is -2.02. The van der Waals surface area contributed by atoms with E-state index in [1.165, 1.54) is 28.1 Å². The maximum atomic E-state index is 2.32. The van der Waals surface area contributed by atoms with Gasteiger partial charge in [0.2, 0.25) is 5.69 Å². The molecule has 2 aromatic carbocycles. The number of nitrogens with zero attached hydrogens (tertiary/aromatic N) is 1. The zero-order valence-electron chi connectivity index (χ0n) is 14.3. The predicted molar refractivity (Wildman–Crippen MR) is 94.0 cm³/mol. The highest BCUT2D eigenvalue weighted by atomic mass is 15.0. The van der Waals surface area contributed by atoms with Gasteiger partial charge in [0.25, 0.3) is 0 Å². The van der Waals surface area contributed by atoms with Crippen LogP contribution in [0.4, 0.5) is 5.69 Å². The van der Waals surface area contributed by atoms with Gasteiger partial charge in [-0.15, -0.1) is 0 Å². The quantitative estimate of drug-likeness (QED) is 0.619. The van der Waals surface area contributed by atoms with Crippen LogP contribution in [-0.4, -0.2) is 17.3 Å². The fourth-order valence-electron chi connectivity index (χ4n) is 2.60. The number of fused-ring (bicyclic) bond motifs is 1. The molecule has 1 aliphatic heterocycles. The molecule has 1 nitrogen and oxygen atoms in total. The molecule has 3 rings (SSSR count). The molecule has 21 heavy (non-hydrogen) atoms. The molecule has 0 aliphatic carbocycles. The summed E-state index contributed by atoms with van der Waals surface area (Å²) in [5.41, 5.74) is 6.89. The molecule has 0 unspecified atom stereocenters. The van der Waals surface area contributed by atoms with Gasteiger partial charge in [-0.25, -0.2) is 0 Å². The molecule has 0 atom stereocenters. The average Bonchev–Trinajstić information content (AvgIpc) is 2.89. The Bertz CT molecular complexity index is 609. The lowest BCUT2D eigenvalue weighted by Crippen LogP contribution is -2.11. The SMILES string of the molecule is CC.CC.Cc1ccccc1C1=[N+](C)c2ccccc2C1. The molecule has 0 spiro atoms. The van der Waals surface area contributed by atoms with Crippen molar-refractivity contribution in [2.75, 3.05) is 7.05 Å². The third-order valence-corrected chi connectivity index (χ3v) is 3.57. The van der Waals surface area contributed by atoms with E-state index in [1.54, 1.807) is 0 Å². The summed E-state index contributed by atoms with van der Waals surface area (Å²) < 4.78 is 2.32. The van der Waals surface area contributed by atoms with Crippen LogP contribution in [0.2, 0.25) is 0 Å². The molecule has 0 N–H and O–H groups in total. The van der Waals surface area contributed by atoms with Crippen LogP contribution in [0, 0.1) is 6.92 Å². The second-order valence-electron chi connectivity index (χ2n) is 4.63. The number of benzene rings is 2. The van der Waals surface area contributed by atoms with Gasteiger partial charge in [0, 0.05) is 17.2 Å². The third-order valence-electron chi connectivity index (χ3n) is 3.57. The summed E-state index contributed by atoms with van der Waals surface area (Å²) in [5, 5.41) is 0. The summed E-state index contributed by atoms with van der Waals surface area (Å²) in [6.07, 6.45) is 1.04. The first-order valence-electron chi connectivity index (χ1n) is 8.01. The molecule has 0 amide bonds. The summed E-state index contributed by atoms with van der Waals surface area (Å²) >= 11 is 0. The lowest BCUT2D eigenvalue weighted by atomic mass is 10.0. The van der Waals surface area contributed by atoms with Crippen LogP contribution >= 0.6 is 0 Å². The van der Waals surface area contributed by atoms with Gasteiger partial charge < -0.3 is 0 Å². The molecule has 1 heteroatoms. The van der Waals surface area contributed by atoms with Crippen LogP contribution in [0.5, 0.6) is 0 Å². The molecular formula is C20H28N+. The zero-order chi connectivity index (χ0) is 15.8. The fourth-order valence-corrected chi connectivity index (χ4v) is 2.60. The topological polar surface area (TPSA) is 3.01 Å². The van der Waals surface area contributed by atoms with Crippen molar-refractivity contribution in [2.24, 2.45) is 0 Å². The first kappa shape index (κ1) is 17.2. The van der Waals surface area contributed by atoms with Gasteiger partial charge in [-0.3, -0.25) is 0 Å². The van der Waals surface area contributed by atoms with Crippen LogP contribution in [-0.2, 0) is 6.42 Å². The molecule has 0 saturated heterocycles. The number of para-hydroxylation sites is 1. The Kier molecular flexibility index (Phi) is 6.87. The van der Waals surface area contributed by atoms with Crippen LogP contribution in [0.25, 0.3) is 0 Å². The lowest BCUT2D eigenvalue weighted by molar-refractivity contribution is -0.401. The van der Waals surface area contributed by atoms with E-state index >= 15 is 0 Å². The Balaban J connectivity index is 0.000000510. The smallest absolute Gasteiger partial charge is 0.198 e. The summed E-state index contributed by atoms with van der Waals surface area (Å²) in [5.74, 6) is 0. The van der Waals surface area contributed by atoms with E-state index < -0.39 is 0 Å². The van der Waals surface area contributed by atoms with E-state index in [0.29, 0.717) is 0 Å². The monoisotopic (exact) mass is 282 g/mol. The highest BCUT2D eigenvalue weighted by Crippen LogP contribution is 2.27. The van der Waals surface area contributed by atoms with Crippen molar-refractivity contribution in [1.29, 1.82) is 0 Å². The van der Waals surface area contributed by atoms with E-state index in [2.05, 4.69) is 67.1 Å². The van der Waals surface area contributed by atoms with Crippen molar-refractivity contribution < 1.29 is 4.58 Å². The molecule has 0 radical (unpaired) electrons. The number of hydrogen-bond acceptors (Lipinski definition) is 0. The second kappa shape index (κ2) is 8.41. The number of aryl methyl sites for hydroxylation is 1. The summed E-state index contributed by atoms with van der Waals surface area (Å²) in [6, 6.07) is 17.3. The van der Waals surface area contributed by atoms with Gasteiger partial charge in [-0.1, -0.05) is 64.1 Å². The van der Waals surface area contributed by atoms with Crippen molar-refractivity contribution >= 4 is 11.4 Å². The Morgan fingerprint density at radius 3 is 2.00 bits per heavy atom. The van der Waals surface area contributed by atoms with Crippen LogP contribution in [0.3, 0.4) is 0 Å². The highest BCUT2D eigenvalue weighted by Gasteiger charge is 2.28. The average molecular weight is 282 g/mol. The van der Waals surface area contributed by atoms with E-state index in [9.17, 15) is 0 Å². The van der Waals surface area contributed by atoms with Gasteiger partial charge in [0.15, 0.2) is 5.71 Å². The largest absolute Gasteiger partial charge is 0.208 e. The molecular weight excluding hydrogens is 254 g/mol. The molecule has 0 aromatic heterocycles. The first-order valence-corrected chi connectivity index (χ1v) is 8.01. The fraction of sp³-hybridized carbons (Fsp3) is 0.350. The van der Waals surface area contributed by atoms with Crippen LogP contribution in [0.1, 0.15) is 44.4 Å². The summed E-state index contributed by atoms with van der Waals surface area (Å²) in [4.78, 5) is 0. The Morgan fingerprint density at radius 1 is 0.810 bits per heavy atom. The van der Waals surface area contributed by atoms with Crippen LogP contribution in [0.15, 0.2) is 48.5 Å². The van der Waals surface area contributed by atoms with Crippen molar-refractivity contribution in [2.45, 2.75) is 41.0 Å². The molecule has 2 aromatic rings. The molecule has 0 saturated carbocycles. The van der Waals surface area contributed by atoms with Crippen molar-refractivity contribution in [3.8, 4) is 0 Å². The third kappa shape index (κ3) is 3.60. The normalized spacial score (nSPS) is 11.9. The minimum absolute atomic E-state index is 1.04. The predicted octanol–water partition coefficient (Wildman–Crippen LogP) is 5.37. The zero-order valence-corrected chi connectivity index (χ0v) is 14.3. The molecule has 1 aliphatic rings. The van der Waals surface area contributed by atoms with E-state index in [0.717, 1.165) is 6.42 Å². The van der Waals surface area contributed by atoms with Gasteiger partial charge in [0.05, 0.1) is 6.42 Å². The second-order valence-corrected chi connectivity index (χ2v) is 4.63. The van der Waals surface area contributed by atoms with Gasteiger partial charge in [-0.2, -0.15) is 4.58 Å². The standard InChI is InChI=1S/C16H16N.2C2H6/c1-12-7-3-5-9-14(12)16-11-13-8-4-6-10-15(13)17(16)2;2*1-2/h3-10H,11H2,1-2H3;2*1-2H3/q+1;;. The maximum absolute atomic E-state index is 2.32. The highest BCUT2D eigenvalue weighted by molar-refractivity contribution is 6.02. The van der Waals surface area contributed by atoms with Gasteiger partial charge >= 0.3 is 0 Å². The summed E-state index contributed by atoms with van der Waals surface area (Å²) in [7, 11) is 2.16. The molecule has 112 valence electrons. The van der Waals surface area contributed by atoms with Gasteiger partial charge in [0.1, 0.15) is 7.05 Å². The molecule has 0 bridgehead atoms. The minimum Gasteiger partial charge on any atom is -0.198 e. The first-order chi connectivity index (χ1) is 10.3. The van der Waals surface area contributed by atoms with Crippen molar-refractivity contribution in [3.05, 3.63) is 65.2 Å². The van der Waals surface area contributed by atoms with Gasteiger partial charge in [-0.05, 0) is 18.6 Å².